The van der Waals surface area contributed by atoms with Gasteiger partial charge in [-0.2, -0.15) is 4.72 Å². The minimum absolute atomic E-state index is 0.0137. The number of nitrogens with one attached hydrogen (secondary N) is 2. The van der Waals surface area contributed by atoms with E-state index in [9.17, 15) is 17.6 Å². The molecule has 20 heavy (non-hydrogen) atoms. The van der Waals surface area contributed by atoms with E-state index in [1.165, 1.54) is 0 Å². The molecule has 0 saturated carbocycles. The third kappa shape index (κ3) is 3.10. The molecule has 1 aromatic carbocycles. The Morgan fingerprint density at radius 2 is 2.15 bits per heavy atom. The summed E-state index contributed by atoms with van der Waals surface area (Å²) < 4.78 is 40.0. The standard InChI is InChI=1S/C11H13BrFN3O3S/c12-6-4-10(8(14)5-7(6)13)20(18,19)16-9-2-1-3-15-11(9)17/h4-5,9,16H,1-3,14H2,(H,15,17). The van der Waals surface area contributed by atoms with Crippen molar-refractivity contribution in [3.8, 4) is 0 Å². The van der Waals surface area contributed by atoms with Gasteiger partial charge in [0.2, 0.25) is 15.9 Å². The molecule has 4 N–H and O–H groups in total. The van der Waals surface area contributed by atoms with Crippen LogP contribution in [0.15, 0.2) is 21.5 Å². The van der Waals surface area contributed by atoms with Crippen molar-refractivity contribution in [2.45, 2.75) is 23.8 Å². The zero-order valence-electron chi connectivity index (χ0n) is 10.3. The lowest BCUT2D eigenvalue weighted by Gasteiger charge is -2.23. The highest BCUT2D eigenvalue weighted by Gasteiger charge is 2.29. The summed E-state index contributed by atoms with van der Waals surface area (Å²) in [7, 11) is -4.00. The fourth-order valence-electron chi connectivity index (χ4n) is 1.91. The van der Waals surface area contributed by atoms with Crippen molar-refractivity contribution in [1.82, 2.24) is 10.0 Å². The number of piperidine rings is 1. The summed E-state index contributed by atoms with van der Waals surface area (Å²) in [5.74, 6) is -1.03. The van der Waals surface area contributed by atoms with Crippen molar-refractivity contribution in [3.63, 3.8) is 0 Å². The van der Waals surface area contributed by atoms with E-state index in [0.29, 0.717) is 19.4 Å². The average molecular weight is 366 g/mol. The lowest BCUT2D eigenvalue weighted by molar-refractivity contribution is -0.124. The van der Waals surface area contributed by atoms with Crippen molar-refractivity contribution < 1.29 is 17.6 Å². The molecule has 0 spiro atoms. The maximum absolute atomic E-state index is 13.3. The Labute approximate surface area is 124 Å². The lowest BCUT2D eigenvalue weighted by atomic mass is 10.1. The van der Waals surface area contributed by atoms with Crippen LogP contribution in [-0.2, 0) is 14.8 Å². The van der Waals surface area contributed by atoms with Gasteiger partial charge in [-0.1, -0.05) is 0 Å². The lowest BCUT2D eigenvalue weighted by Crippen LogP contribution is -2.50. The van der Waals surface area contributed by atoms with Gasteiger partial charge < -0.3 is 11.1 Å². The van der Waals surface area contributed by atoms with E-state index < -0.39 is 21.9 Å². The summed E-state index contributed by atoms with van der Waals surface area (Å²) >= 11 is 2.91. The number of rotatable bonds is 3. The maximum Gasteiger partial charge on any atom is 0.243 e. The number of nitrogen functional groups attached to an aromatic ring is 1. The Morgan fingerprint density at radius 3 is 2.80 bits per heavy atom. The second-order valence-electron chi connectivity index (χ2n) is 4.41. The number of halogens is 2. The van der Waals surface area contributed by atoms with Gasteiger partial charge in [0, 0.05) is 6.54 Å². The molecular formula is C11H13BrFN3O3S. The fraction of sp³-hybridized carbons (Fsp3) is 0.364. The maximum atomic E-state index is 13.3. The number of sulfonamides is 1. The number of nitrogens with two attached hydrogens (primary N) is 1. The van der Waals surface area contributed by atoms with Crippen molar-refractivity contribution in [1.29, 1.82) is 0 Å². The number of carbonyl (C=O) groups excluding carboxylic acids is 1. The van der Waals surface area contributed by atoms with E-state index >= 15 is 0 Å². The number of benzene rings is 1. The molecule has 1 aliphatic heterocycles. The van der Waals surface area contributed by atoms with Crippen molar-refractivity contribution >= 4 is 37.5 Å². The summed E-state index contributed by atoms with van der Waals surface area (Å²) in [5, 5.41) is 2.57. The molecule has 1 unspecified atom stereocenters. The molecule has 0 aromatic heterocycles. The van der Waals surface area contributed by atoms with E-state index in [-0.39, 0.29) is 21.0 Å². The molecule has 0 aliphatic carbocycles. The summed E-state index contributed by atoms with van der Waals surface area (Å²) in [5.41, 5.74) is 5.32. The molecule has 1 aromatic rings. The Balaban J connectivity index is 2.31. The molecule has 9 heteroatoms. The highest BCUT2D eigenvalue weighted by atomic mass is 79.9. The molecule has 6 nitrogen and oxygen atoms in total. The van der Waals surface area contributed by atoms with E-state index in [1.807, 2.05) is 0 Å². The van der Waals surface area contributed by atoms with Crippen LogP contribution in [0.5, 0.6) is 0 Å². The van der Waals surface area contributed by atoms with Crippen LogP contribution in [0.25, 0.3) is 0 Å². The van der Waals surface area contributed by atoms with Crippen LogP contribution in [0, 0.1) is 5.82 Å². The molecule has 1 atom stereocenters. The highest BCUT2D eigenvalue weighted by Crippen LogP contribution is 2.26. The van der Waals surface area contributed by atoms with Gasteiger partial charge >= 0.3 is 0 Å². The summed E-state index contributed by atoms with van der Waals surface area (Å²) in [6.45, 7) is 0.529. The first-order valence-electron chi connectivity index (χ1n) is 5.86. The van der Waals surface area contributed by atoms with Crippen molar-refractivity contribution in [3.05, 3.63) is 22.4 Å². The zero-order valence-corrected chi connectivity index (χ0v) is 12.7. The summed E-state index contributed by atoms with van der Waals surface area (Å²) in [4.78, 5) is 11.3. The van der Waals surface area contributed by atoms with Gasteiger partial charge in [-0.3, -0.25) is 4.79 Å². The van der Waals surface area contributed by atoms with Crippen LogP contribution in [-0.4, -0.2) is 26.9 Å². The number of hydrogen-bond donors (Lipinski definition) is 3. The number of anilines is 1. The third-order valence-electron chi connectivity index (χ3n) is 2.92. The Morgan fingerprint density at radius 1 is 1.45 bits per heavy atom. The highest BCUT2D eigenvalue weighted by molar-refractivity contribution is 9.10. The van der Waals surface area contributed by atoms with E-state index in [4.69, 9.17) is 5.73 Å². The number of amides is 1. The molecule has 1 fully saturated rings. The van der Waals surface area contributed by atoms with Crippen LogP contribution < -0.4 is 15.8 Å². The first-order valence-corrected chi connectivity index (χ1v) is 8.13. The summed E-state index contributed by atoms with van der Waals surface area (Å²) in [6, 6.07) is 1.16. The molecule has 1 heterocycles. The van der Waals surface area contributed by atoms with E-state index in [1.54, 1.807) is 0 Å². The molecule has 1 aliphatic rings. The van der Waals surface area contributed by atoms with Crippen LogP contribution in [0.1, 0.15) is 12.8 Å². The van der Waals surface area contributed by atoms with Gasteiger partial charge in [-0.05, 0) is 40.9 Å². The molecule has 0 bridgehead atoms. The first-order chi connectivity index (χ1) is 9.31. The average Bonchev–Trinajstić information content (AvgIpc) is 2.36. The predicted molar refractivity (Wildman–Crippen MR) is 74.9 cm³/mol. The SMILES string of the molecule is Nc1cc(F)c(Br)cc1S(=O)(=O)NC1CCCNC1=O. The van der Waals surface area contributed by atoms with Gasteiger partial charge in [0.15, 0.2) is 0 Å². The molecular weight excluding hydrogens is 353 g/mol. The van der Waals surface area contributed by atoms with Crippen LogP contribution in [0.4, 0.5) is 10.1 Å². The van der Waals surface area contributed by atoms with Gasteiger partial charge in [-0.15, -0.1) is 0 Å². The Bertz CT molecular complexity index is 651. The van der Waals surface area contributed by atoms with Crippen LogP contribution in [0.2, 0.25) is 0 Å². The van der Waals surface area contributed by atoms with Gasteiger partial charge in [0.25, 0.3) is 0 Å². The van der Waals surface area contributed by atoms with E-state index in [2.05, 4.69) is 26.0 Å². The van der Waals surface area contributed by atoms with Gasteiger partial charge in [0.1, 0.15) is 16.8 Å². The molecule has 2 rings (SSSR count). The smallest absolute Gasteiger partial charge is 0.243 e. The van der Waals surface area contributed by atoms with Crippen molar-refractivity contribution in [2.75, 3.05) is 12.3 Å². The Hall–Kier alpha value is -1.19. The second kappa shape index (κ2) is 5.66. The van der Waals surface area contributed by atoms with Gasteiger partial charge in [0.05, 0.1) is 10.2 Å². The summed E-state index contributed by atoms with van der Waals surface area (Å²) in [6.07, 6.45) is 1.09. The van der Waals surface area contributed by atoms with Crippen molar-refractivity contribution in [2.24, 2.45) is 0 Å². The molecule has 1 amide bonds. The normalized spacial score (nSPS) is 19.7. The monoisotopic (exact) mass is 365 g/mol. The minimum Gasteiger partial charge on any atom is -0.398 e. The molecule has 0 radical (unpaired) electrons. The first kappa shape index (κ1) is 15.2. The zero-order chi connectivity index (χ0) is 14.9. The quantitative estimate of drug-likeness (QED) is 0.687. The Kier molecular flexibility index (Phi) is 4.31. The van der Waals surface area contributed by atoms with Crippen LogP contribution in [0.3, 0.4) is 0 Å². The third-order valence-corrected chi connectivity index (χ3v) is 5.06. The minimum atomic E-state index is -4.00. The number of carbonyl (C=O) groups is 1. The van der Waals surface area contributed by atoms with Crippen LogP contribution >= 0.6 is 15.9 Å². The topological polar surface area (TPSA) is 101 Å². The largest absolute Gasteiger partial charge is 0.398 e. The van der Waals surface area contributed by atoms with E-state index in [0.717, 1.165) is 12.1 Å². The second-order valence-corrected chi connectivity index (χ2v) is 6.95. The molecule has 110 valence electrons. The molecule has 1 saturated heterocycles. The fourth-order valence-corrected chi connectivity index (χ4v) is 3.78. The number of hydrogen-bond acceptors (Lipinski definition) is 4. The predicted octanol–water partition coefficient (Wildman–Crippen LogP) is 0.727. The van der Waals surface area contributed by atoms with Gasteiger partial charge in [-0.25, -0.2) is 12.8 Å².